The molecule has 0 aromatic heterocycles. The Morgan fingerprint density at radius 1 is 1.17 bits per heavy atom. The van der Waals surface area contributed by atoms with Crippen molar-refractivity contribution >= 4 is 11.7 Å². The summed E-state index contributed by atoms with van der Waals surface area (Å²) in [7, 11) is 3.61. The number of hydrogen-bond acceptors (Lipinski definition) is 3. The Morgan fingerprint density at radius 2 is 1.97 bits per heavy atom. The molecule has 164 valence electrons. The number of aliphatic hydroxyl groups is 1. The Morgan fingerprint density at radius 3 is 2.69 bits per heavy atom. The van der Waals surface area contributed by atoms with Crippen LogP contribution in [0.3, 0.4) is 0 Å². The third kappa shape index (κ3) is 7.73. The molecule has 2 aliphatic rings. The van der Waals surface area contributed by atoms with Gasteiger partial charge in [-0.2, -0.15) is 0 Å². The first kappa shape index (κ1) is 23.9. The predicted molar refractivity (Wildman–Crippen MR) is 118 cm³/mol. The summed E-state index contributed by atoms with van der Waals surface area (Å²) in [6.45, 7) is 2.18. The first-order valence-corrected chi connectivity index (χ1v) is 11.7. The van der Waals surface area contributed by atoms with Crippen LogP contribution in [-0.4, -0.2) is 41.9 Å². The van der Waals surface area contributed by atoms with Gasteiger partial charge in [0.05, 0.1) is 6.10 Å². The lowest BCUT2D eigenvalue weighted by atomic mass is 9.85. The molecule has 0 unspecified atom stereocenters. The Bertz CT molecular complexity index is 593. The highest BCUT2D eigenvalue weighted by atomic mass is 16.3. The number of allylic oxidation sites excluding steroid dienone is 4. The standard InChI is InChI=1S/C25H41NO3/c1-4-5-6-7-8-12-21(27)14-15-22-23-17-19(16-20(23)18-24(22)28)11-9-10-13-25(29)26(2)3/h8,12,16,20,22-24,28H,4-7,9-11,13-15,17-18H2,1-3H3/t20-,22+,23-,24+/m0/s1. The molecule has 1 N–H and O–H groups in total. The van der Waals surface area contributed by atoms with Gasteiger partial charge in [0.25, 0.3) is 0 Å². The number of rotatable bonds is 13. The maximum atomic E-state index is 12.2. The van der Waals surface area contributed by atoms with E-state index in [1.165, 1.54) is 18.4 Å². The van der Waals surface area contributed by atoms with E-state index in [-0.39, 0.29) is 23.7 Å². The van der Waals surface area contributed by atoms with Gasteiger partial charge in [-0.15, -0.1) is 0 Å². The summed E-state index contributed by atoms with van der Waals surface area (Å²) in [5.74, 6) is 1.64. The van der Waals surface area contributed by atoms with E-state index in [0.29, 0.717) is 24.7 Å². The summed E-state index contributed by atoms with van der Waals surface area (Å²) >= 11 is 0. The van der Waals surface area contributed by atoms with Crippen LogP contribution >= 0.6 is 0 Å². The lowest BCUT2D eigenvalue weighted by molar-refractivity contribution is -0.128. The van der Waals surface area contributed by atoms with Gasteiger partial charge < -0.3 is 10.0 Å². The minimum Gasteiger partial charge on any atom is -0.393 e. The molecule has 0 aromatic rings. The van der Waals surface area contributed by atoms with Crippen molar-refractivity contribution in [2.45, 2.75) is 90.1 Å². The van der Waals surface area contributed by atoms with Gasteiger partial charge in [-0.05, 0) is 75.2 Å². The largest absolute Gasteiger partial charge is 0.393 e. The molecule has 0 saturated heterocycles. The molecule has 29 heavy (non-hydrogen) atoms. The fourth-order valence-corrected chi connectivity index (χ4v) is 4.96. The number of unbranched alkanes of at least 4 members (excludes halogenated alkanes) is 4. The number of carbonyl (C=O) groups excluding carboxylic acids is 2. The Kier molecular flexibility index (Phi) is 10.1. The summed E-state index contributed by atoms with van der Waals surface area (Å²) in [5.41, 5.74) is 1.50. The van der Waals surface area contributed by atoms with Crippen molar-refractivity contribution in [3.8, 4) is 0 Å². The van der Waals surface area contributed by atoms with Gasteiger partial charge in [0.1, 0.15) is 0 Å². The Labute approximate surface area is 177 Å². The van der Waals surface area contributed by atoms with Crippen molar-refractivity contribution in [3.05, 3.63) is 23.8 Å². The van der Waals surface area contributed by atoms with Crippen molar-refractivity contribution in [2.75, 3.05) is 14.1 Å². The van der Waals surface area contributed by atoms with Crippen LogP contribution in [0.1, 0.15) is 84.0 Å². The summed E-state index contributed by atoms with van der Waals surface area (Å²) < 4.78 is 0. The third-order valence-electron chi connectivity index (χ3n) is 6.69. The molecule has 2 rings (SSSR count). The maximum absolute atomic E-state index is 12.2. The van der Waals surface area contributed by atoms with E-state index in [4.69, 9.17) is 0 Å². The van der Waals surface area contributed by atoms with Crippen LogP contribution < -0.4 is 0 Å². The first-order chi connectivity index (χ1) is 13.9. The fourth-order valence-electron chi connectivity index (χ4n) is 4.96. The topological polar surface area (TPSA) is 57.6 Å². The lowest BCUT2D eigenvalue weighted by Gasteiger charge is -2.21. The average Bonchev–Trinajstić information content (AvgIpc) is 3.19. The third-order valence-corrected chi connectivity index (χ3v) is 6.69. The molecule has 0 aromatic carbocycles. The summed E-state index contributed by atoms with van der Waals surface area (Å²) in [5, 5.41) is 10.5. The van der Waals surface area contributed by atoms with E-state index >= 15 is 0 Å². The van der Waals surface area contributed by atoms with Gasteiger partial charge in [0, 0.05) is 26.9 Å². The highest BCUT2D eigenvalue weighted by Crippen LogP contribution is 2.49. The highest BCUT2D eigenvalue weighted by molar-refractivity contribution is 5.89. The smallest absolute Gasteiger partial charge is 0.222 e. The lowest BCUT2D eigenvalue weighted by Crippen LogP contribution is -2.21. The maximum Gasteiger partial charge on any atom is 0.222 e. The second-order valence-electron chi connectivity index (χ2n) is 9.22. The van der Waals surface area contributed by atoms with Gasteiger partial charge in [0.15, 0.2) is 5.78 Å². The molecule has 0 radical (unpaired) electrons. The molecule has 4 atom stereocenters. The molecular weight excluding hydrogens is 362 g/mol. The Hall–Kier alpha value is -1.42. The number of amides is 1. The van der Waals surface area contributed by atoms with Crippen molar-refractivity contribution in [1.82, 2.24) is 4.90 Å². The molecular formula is C25H41NO3. The fraction of sp³-hybridized carbons (Fsp3) is 0.760. The second kappa shape index (κ2) is 12.3. The number of carbonyl (C=O) groups is 2. The first-order valence-electron chi connectivity index (χ1n) is 11.7. The van der Waals surface area contributed by atoms with Crippen LogP contribution in [0.25, 0.3) is 0 Å². The van der Waals surface area contributed by atoms with Crippen LogP contribution in [-0.2, 0) is 9.59 Å². The van der Waals surface area contributed by atoms with Gasteiger partial charge >= 0.3 is 0 Å². The van der Waals surface area contributed by atoms with Crippen molar-refractivity contribution < 1.29 is 14.7 Å². The molecule has 4 heteroatoms. The number of hydrogen-bond donors (Lipinski definition) is 1. The molecule has 1 amide bonds. The predicted octanol–water partition coefficient (Wildman–Crippen LogP) is 5.06. The Balaban J connectivity index is 1.70. The monoisotopic (exact) mass is 403 g/mol. The molecule has 1 saturated carbocycles. The molecule has 1 fully saturated rings. The number of aliphatic hydroxyl groups excluding tert-OH is 1. The van der Waals surface area contributed by atoms with Crippen LogP contribution in [0, 0.1) is 17.8 Å². The van der Waals surface area contributed by atoms with Crippen molar-refractivity contribution in [1.29, 1.82) is 0 Å². The molecule has 2 aliphatic carbocycles. The SMILES string of the molecule is CCCCCC=CC(=O)CC[C@@H]1[C@H]2CC(CCCCC(=O)N(C)C)=C[C@H]2C[C@H]1O. The van der Waals surface area contributed by atoms with Crippen molar-refractivity contribution in [2.24, 2.45) is 17.8 Å². The summed E-state index contributed by atoms with van der Waals surface area (Å²) in [6, 6.07) is 0. The van der Waals surface area contributed by atoms with E-state index in [1.54, 1.807) is 11.0 Å². The molecule has 4 nitrogen and oxygen atoms in total. The summed E-state index contributed by atoms with van der Waals surface area (Å²) in [4.78, 5) is 25.5. The van der Waals surface area contributed by atoms with Gasteiger partial charge in [-0.25, -0.2) is 0 Å². The average molecular weight is 404 g/mol. The quantitative estimate of drug-likeness (QED) is 0.265. The van der Waals surface area contributed by atoms with Crippen LogP contribution in [0.5, 0.6) is 0 Å². The van der Waals surface area contributed by atoms with Crippen LogP contribution in [0.15, 0.2) is 23.8 Å². The van der Waals surface area contributed by atoms with E-state index in [2.05, 4.69) is 13.0 Å². The zero-order chi connectivity index (χ0) is 21.2. The molecule has 0 spiro atoms. The van der Waals surface area contributed by atoms with E-state index in [0.717, 1.165) is 51.4 Å². The zero-order valence-electron chi connectivity index (χ0n) is 18.7. The zero-order valence-corrected chi connectivity index (χ0v) is 18.7. The van der Waals surface area contributed by atoms with E-state index < -0.39 is 0 Å². The number of nitrogens with zero attached hydrogens (tertiary/aromatic N) is 1. The number of ketones is 1. The molecule has 0 heterocycles. The molecule has 0 bridgehead atoms. The van der Waals surface area contributed by atoms with Crippen molar-refractivity contribution in [3.63, 3.8) is 0 Å². The number of fused-ring (bicyclic) bond motifs is 1. The molecule has 0 aliphatic heterocycles. The van der Waals surface area contributed by atoms with Crippen LogP contribution in [0.4, 0.5) is 0 Å². The van der Waals surface area contributed by atoms with Gasteiger partial charge in [0.2, 0.25) is 5.91 Å². The minimum absolute atomic E-state index is 0.203. The van der Waals surface area contributed by atoms with E-state index in [9.17, 15) is 14.7 Å². The van der Waals surface area contributed by atoms with Gasteiger partial charge in [-0.3, -0.25) is 9.59 Å². The van der Waals surface area contributed by atoms with Gasteiger partial charge in [-0.1, -0.05) is 37.5 Å². The second-order valence-corrected chi connectivity index (χ2v) is 9.22. The highest BCUT2D eigenvalue weighted by Gasteiger charge is 2.44. The van der Waals surface area contributed by atoms with E-state index in [1.807, 2.05) is 20.2 Å². The normalized spacial score (nSPS) is 26.0. The van der Waals surface area contributed by atoms with Crippen LogP contribution in [0.2, 0.25) is 0 Å². The minimum atomic E-state index is -0.262. The summed E-state index contributed by atoms with van der Waals surface area (Å²) in [6.07, 6.45) is 17.4.